The molecule has 1 saturated carbocycles. The van der Waals surface area contributed by atoms with E-state index < -0.39 is 0 Å². The molecule has 1 amide bonds. The molecule has 1 unspecified atom stereocenters. The maximum Gasteiger partial charge on any atom is 0.222 e. The molecule has 2 aliphatic rings. The molecule has 1 heterocycles. The minimum absolute atomic E-state index is 0.0203. The number of aliphatic hydroxyl groups excluding tert-OH is 1. The molecule has 5 nitrogen and oxygen atoms in total. The summed E-state index contributed by atoms with van der Waals surface area (Å²) in [7, 11) is 0. The number of hydrogen-bond acceptors (Lipinski definition) is 4. The average Bonchev–Trinajstić information content (AvgIpc) is 2.39. The van der Waals surface area contributed by atoms with Crippen LogP contribution in [0.3, 0.4) is 0 Å². The summed E-state index contributed by atoms with van der Waals surface area (Å²) in [6.07, 6.45) is 4.12. The van der Waals surface area contributed by atoms with Gasteiger partial charge in [0.05, 0.1) is 25.2 Å². The summed E-state index contributed by atoms with van der Waals surface area (Å²) in [6.45, 7) is 3.08. The molecule has 0 aromatic heterocycles. The lowest BCUT2D eigenvalue weighted by Gasteiger charge is -2.26. The fourth-order valence-electron chi connectivity index (χ4n) is 2.64. The van der Waals surface area contributed by atoms with E-state index in [4.69, 9.17) is 4.74 Å². The summed E-state index contributed by atoms with van der Waals surface area (Å²) in [5.41, 5.74) is 0. The highest BCUT2D eigenvalue weighted by molar-refractivity contribution is 5.76. The van der Waals surface area contributed by atoms with Gasteiger partial charge in [-0.1, -0.05) is 0 Å². The smallest absolute Gasteiger partial charge is 0.222 e. The predicted molar refractivity (Wildman–Crippen MR) is 68.2 cm³/mol. The van der Waals surface area contributed by atoms with Crippen molar-refractivity contribution >= 4 is 5.91 Å². The van der Waals surface area contributed by atoms with Crippen LogP contribution in [0.15, 0.2) is 0 Å². The number of aliphatic hydroxyl groups is 1. The van der Waals surface area contributed by atoms with Gasteiger partial charge in [0.1, 0.15) is 0 Å². The van der Waals surface area contributed by atoms with Gasteiger partial charge in [-0.05, 0) is 31.6 Å². The lowest BCUT2D eigenvalue weighted by Crippen LogP contribution is -2.42. The van der Waals surface area contributed by atoms with Crippen molar-refractivity contribution in [3.63, 3.8) is 0 Å². The number of morpholine rings is 1. The van der Waals surface area contributed by atoms with Gasteiger partial charge in [-0.25, -0.2) is 0 Å². The molecule has 2 rings (SSSR count). The van der Waals surface area contributed by atoms with E-state index in [0.29, 0.717) is 18.9 Å². The molecule has 0 spiro atoms. The first-order valence-corrected chi connectivity index (χ1v) is 7.01. The second-order valence-electron chi connectivity index (χ2n) is 5.38. The van der Waals surface area contributed by atoms with Gasteiger partial charge in [-0.15, -0.1) is 0 Å². The molecule has 18 heavy (non-hydrogen) atoms. The number of ether oxygens (including phenoxy) is 1. The first-order valence-electron chi connectivity index (χ1n) is 7.01. The Morgan fingerprint density at radius 3 is 2.78 bits per heavy atom. The third kappa shape index (κ3) is 4.55. The fourth-order valence-corrected chi connectivity index (χ4v) is 2.64. The first kappa shape index (κ1) is 13.8. The fraction of sp³-hybridized carbons (Fsp3) is 0.923. The standard InChI is InChI=1S/C13H24N2O3/c16-11-3-1-10(2-4-11)8-15-13(17)7-12-9-14-5-6-18-12/h10-12,14,16H,1-9H2,(H,15,17). The maximum absolute atomic E-state index is 11.7. The number of carbonyl (C=O) groups excluding carboxylic acids is 1. The summed E-state index contributed by atoms with van der Waals surface area (Å²) in [5, 5.41) is 15.6. The van der Waals surface area contributed by atoms with Gasteiger partial charge in [0.15, 0.2) is 0 Å². The van der Waals surface area contributed by atoms with Gasteiger partial charge < -0.3 is 20.5 Å². The Bertz CT molecular complexity index is 259. The highest BCUT2D eigenvalue weighted by Crippen LogP contribution is 2.23. The van der Waals surface area contributed by atoms with Crippen LogP contribution < -0.4 is 10.6 Å². The summed E-state index contributed by atoms with van der Waals surface area (Å²) in [6, 6.07) is 0. The van der Waals surface area contributed by atoms with Gasteiger partial charge in [0.25, 0.3) is 0 Å². The summed E-state index contributed by atoms with van der Waals surface area (Å²) in [5.74, 6) is 0.609. The lowest BCUT2D eigenvalue weighted by molar-refractivity contribution is -0.124. The topological polar surface area (TPSA) is 70.6 Å². The zero-order valence-corrected chi connectivity index (χ0v) is 10.9. The van der Waals surface area contributed by atoms with E-state index in [1.807, 2.05) is 0 Å². The molecule has 1 aliphatic heterocycles. The van der Waals surface area contributed by atoms with E-state index in [0.717, 1.165) is 45.3 Å². The molecule has 0 aromatic carbocycles. The minimum atomic E-state index is -0.126. The Labute approximate surface area is 108 Å². The molecule has 1 atom stereocenters. The van der Waals surface area contributed by atoms with E-state index in [2.05, 4.69) is 10.6 Å². The van der Waals surface area contributed by atoms with E-state index in [1.165, 1.54) is 0 Å². The van der Waals surface area contributed by atoms with Crippen molar-refractivity contribution in [2.75, 3.05) is 26.2 Å². The Balaban J connectivity index is 1.59. The van der Waals surface area contributed by atoms with Crippen molar-refractivity contribution in [3.05, 3.63) is 0 Å². The zero-order chi connectivity index (χ0) is 12.8. The van der Waals surface area contributed by atoms with E-state index in [9.17, 15) is 9.90 Å². The average molecular weight is 256 g/mol. The second-order valence-corrected chi connectivity index (χ2v) is 5.38. The first-order chi connectivity index (χ1) is 8.74. The summed E-state index contributed by atoms with van der Waals surface area (Å²) < 4.78 is 5.50. The third-order valence-corrected chi connectivity index (χ3v) is 3.82. The minimum Gasteiger partial charge on any atom is -0.393 e. The van der Waals surface area contributed by atoms with Crippen molar-refractivity contribution in [3.8, 4) is 0 Å². The number of nitrogens with one attached hydrogen (secondary N) is 2. The van der Waals surface area contributed by atoms with Crippen molar-refractivity contribution in [1.82, 2.24) is 10.6 Å². The molecule has 0 radical (unpaired) electrons. The highest BCUT2D eigenvalue weighted by Gasteiger charge is 2.21. The van der Waals surface area contributed by atoms with Crippen LogP contribution in [-0.2, 0) is 9.53 Å². The molecule has 0 bridgehead atoms. The van der Waals surface area contributed by atoms with Crippen LogP contribution in [0, 0.1) is 5.92 Å². The number of hydrogen-bond donors (Lipinski definition) is 3. The molecule has 5 heteroatoms. The molecule has 0 aromatic rings. The predicted octanol–water partition coefficient (Wildman–Crippen LogP) is 0.0322. The largest absolute Gasteiger partial charge is 0.393 e. The maximum atomic E-state index is 11.7. The number of amides is 1. The van der Waals surface area contributed by atoms with Crippen molar-refractivity contribution < 1.29 is 14.6 Å². The van der Waals surface area contributed by atoms with Crippen LogP contribution >= 0.6 is 0 Å². The zero-order valence-electron chi connectivity index (χ0n) is 10.9. The Hall–Kier alpha value is -0.650. The molecule has 3 N–H and O–H groups in total. The Morgan fingerprint density at radius 2 is 2.11 bits per heavy atom. The Morgan fingerprint density at radius 1 is 1.33 bits per heavy atom. The summed E-state index contributed by atoms with van der Waals surface area (Å²) >= 11 is 0. The van der Waals surface area contributed by atoms with E-state index >= 15 is 0 Å². The van der Waals surface area contributed by atoms with Gasteiger partial charge in [-0.2, -0.15) is 0 Å². The number of carbonyl (C=O) groups is 1. The Kier molecular flexibility index (Phi) is 5.41. The van der Waals surface area contributed by atoms with Gasteiger partial charge in [-0.3, -0.25) is 4.79 Å². The molecule has 2 fully saturated rings. The van der Waals surface area contributed by atoms with E-state index in [1.54, 1.807) is 0 Å². The van der Waals surface area contributed by atoms with Crippen LogP contribution in [0.1, 0.15) is 32.1 Å². The monoisotopic (exact) mass is 256 g/mol. The van der Waals surface area contributed by atoms with Crippen LogP contribution in [0.4, 0.5) is 0 Å². The normalized spacial score (nSPS) is 33.1. The van der Waals surface area contributed by atoms with Gasteiger partial charge in [0, 0.05) is 19.6 Å². The molecule has 104 valence electrons. The molecule has 1 saturated heterocycles. The van der Waals surface area contributed by atoms with Crippen molar-refractivity contribution in [1.29, 1.82) is 0 Å². The van der Waals surface area contributed by atoms with Crippen LogP contribution in [0.2, 0.25) is 0 Å². The highest BCUT2D eigenvalue weighted by atomic mass is 16.5. The lowest BCUT2D eigenvalue weighted by atomic mass is 9.87. The third-order valence-electron chi connectivity index (χ3n) is 3.82. The van der Waals surface area contributed by atoms with Gasteiger partial charge >= 0.3 is 0 Å². The van der Waals surface area contributed by atoms with Crippen molar-refractivity contribution in [2.45, 2.75) is 44.3 Å². The van der Waals surface area contributed by atoms with Crippen LogP contribution in [0.25, 0.3) is 0 Å². The van der Waals surface area contributed by atoms with Crippen molar-refractivity contribution in [2.24, 2.45) is 5.92 Å². The van der Waals surface area contributed by atoms with E-state index in [-0.39, 0.29) is 18.1 Å². The number of rotatable bonds is 4. The van der Waals surface area contributed by atoms with Crippen LogP contribution in [0.5, 0.6) is 0 Å². The van der Waals surface area contributed by atoms with Crippen LogP contribution in [-0.4, -0.2) is 49.5 Å². The second kappa shape index (κ2) is 7.07. The SMILES string of the molecule is O=C(CC1CNCCO1)NCC1CCC(O)CC1. The van der Waals surface area contributed by atoms with Gasteiger partial charge in [0.2, 0.25) is 5.91 Å². The summed E-state index contributed by atoms with van der Waals surface area (Å²) in [4.78, 5) is 11.7. The molecule has 1 aliphatic carbocycles. The molecular weight excluding hydrogens is 232 g/mol. The molecular formula is C13H24N2O3. The quantitative estimate of drug-likeness (QED) is 0.664.